The fourth-order valence-electron chi connectivity index (χ4n) is 2.82. The summed E-state index contributed by atoms with van der Waals surface area (Å²) in [6, 6.07) is 6.62. The van der Waals surface area contributed by atoms with Crippen LogP contribution in [-0.2, 0) is 11.0 Å². The van der Waals surface area contributed by atoms with E-state index in [0.29, 0.717) is 4.47 Å². The Bertz CT molecular complexity index is 1110. The van der Waals surface area contributed by atoms with Gasteiger partial charge in [-0.15, -0.1) is 0 Å². The van der Waals surface area contributed by atoms with E-state index in [-0.39, 0.29) is 28.7 Å². The zero-order valence-electron chi connectivity index (χ0n) is 18.2. The first kappa shape index (κ1) is 27.8. The van der Waals surface area contributed by atoms with Crippen LogP contribution in [0.4, 0.5) is 20.3 Å². The van der Waals surface area contributed by atoms with Crippen molar-refractivity contribution in [2.45, 2.75) is 50.6 Å². The van der Waals surface area contributed by atoms with E-state index in [1.165, 1.54) is 18.2 Å². The maximum absolute atomic E-state index is 13.1. The number of hydrogen-bond donors (Lipinski definition) is 2. The smallest absolute Gasteiger partial charge is 0.387 e. The summed E-state index contributed by atoms with van der Waals surface area (Å²) < 4.78 is 45.7. The Hall–Kier alpha value is -2.40. The first-order chi connectivity index (χ1) is 15.8. The predicted molar refractivity (Wildman–Crippen MR) is 128 cm³/mol. The lowest BCUT2D eigenvalue weighted by Crippen LogP contribution is -2.40. The number of nitriles is 1. The molecule has 14 heteroatoms. The maximum Gasteiger partial charge on any atom is 0.387 e. The van der Waals surface area contributed by atoms with Crippen LogP contribution >= 0.6 is 27.5 Å². The number of nitrogens with one attached hydrogen (secondary N) is 2. The molecule has 2 aromatic rings. The largest absolute Gasteiger partial charge is 0.434 e. The van der Waals surface area contributed by atoms with Gasteiger partial charge in [0.2, 0.25) is 5.82 Å². The van der Waals surface area contributed by atoms with E-state index in [9.17, 15) is 28.4 Å². The van der Waals surface area contributed by atoms with Crippen LogP contribution in [0.5, 0.6) is 5.75 Å². The molecule has 2 N–H and O–H groups in total. The number of ether oxygens (including phenoxy) is 1. The molecule has 1 aromatic heterocycles. The summed E-state index contributed by atoms with van der Waals surface area (Å²) in [6.45, 7) is 1.98. The second-order valence-electron chi connectivity index (χ2n) is 7.90. The quantitative estimate of drug-likeness (QED) is 0.216. The van der Waals surface area contributed by atoms with Crippen molar-refractivity contribution in [1.82, 2.24) is 9.71 Å². The van der Waals surface area contributed by atoms with E-state index in [1.807, 2.05) is 6.07 Å². The van der Waals surface area contributed by atoms with Gasteiger partial charge in [-0.3, -0.25) is 10.1 Å². The molecule has 0 amide bonds. The molecule has 0 fully saturated rings. The number of alkyl halides is 2. The molecular weight excluding hydrogens is 560 g/mol. The standard InChI is InChI=1S/C20H21BrClF2N5O4S/c1-20(2,3)34(32)28-11(10-25)9-13(17-12(21)5-4-6-15(17)33-19(23)24)26-18-14(29(30)31)7-8-16(22)27-18/h4-8,11,13,19,28H,9H2,1-3H3,(H,26,27)/t11?,13-,34?/m1/s1. The highest BCUT2D eigenvalue weighted by molar-refractivity contribution is 9.10. The van der Waals surface area contributed by atoms with Crippen molar-refractivity contribution >= 4 is 50.0 Å². The molecule has 0 saturated carbocycles. The SMILES string of the molecule is CC(C)(C)S(=O)NC(C#N)C[C@@H](Nc1nc(Cl)ccc1[N+](=O)[O-])c1c(Br)cccc1OC(F)F. The lowest BCUT2D eigenvalue weighted by Gasteiger charge is -2.27. The zero-order chi connectivity index (χ0) is 25.6. The van der Waals surface area contributed by atoms with Crippen LogP contribution in [0.3, 0.4) is 0 Å². The van der Waals surface area contributed by atoms with Crippen molar-refractivity contribution in [3.05, 3.63) is 55.6 Å². The van der Waals surface area contributed by atoms with Gasteiger partial charge in [-0.1, -0.05) is 33.6 Å². The zero-order valence-corrected chi connectivity index (χ0v) is 21.4. The molecule has 3 atom stereocenters. The minimum absolute atomic E-state index is 0.0492. The second-order valence-corrected chi connectivity index (χ2v) is 11.1. The molecule has 1 heterocycles. The molecule has 0 aliphatic carbocycles. The molecule has 0 spiro atoms. The molecule has 184 valence electrons. The molecule has 9 nitrogen and oxygen atoms in total. The van der Waals surface area contributed by atoms with Crippen LogP contribution in [0.2, 0.25) is 5.15 Å². The third-order valence-corrected chi connectivity index (χ3v) is 6.87. The average molecular weight is 581 g/mol. The number of hydrogen-bond acceptors (Lipinski definition) is 7. The number of halogens is 4. The van der Waals surface area contributed by atoms with Gasteiger partial charge in [-0.2, -0.15) is 14.0 Å². The van der Waals surface area contributed by atoms with Gasteiger partial charge >= 0.3 is 12.3 Å². The number of anilines is 1. The molecule has 2 rings (SSSR count). The molecular formula is C20H21BrClF2N5O4S. The Kier molecular flexibility index (Phi) is 9.69. The number of aromatic nitrogens is 1. The van der Waals surface area contributed by atoms with Gasteiger partial charge < -0.3 is 10.1 Å². The van der Waals surface area contributed by atoms with Crippen molar-refractivity contribution < 1.29 is 22.6 Å². The van der Waals surface area contributed by atoms with Crippen LogP contribution in [0.15, 0.2) is 34.8 Å². The lowest BCUT2D eigenvalue weighted by molar-refractivity contribution is -0.384. The normalized spacial score (nSPS) is 14.2. The third kappa shape index (κ3) is 7.56. The number of nitrogens with zero attached hydrogens (tertiary/aromatic N) is 3. The fourth-order valence-corrected chi connectivity index (χ4v) is 4.35. The van der Waals surface area contributed by atoms with Gasteiger partial charge in [0.25, 0.3) is 0 Å². The summed E-state index contributed by atoms with van der Waals surface area (Å²) >= 11 is 9.22. The predicted octanol–water partition coefficient (Wildman–Crippen LogP) is 5.49. The van der Waals surface area contributed by atoms with E-state index >= 15 is 0 Å². The minimum Gasteiger partial charge on any atom is -0.434 e. The maximum atomic E-state index is 13.1. The van der Waals surface area contributed by atoms with Gasteiger partial charge in [-0.25, -0.2) is 13.9 Å². The van der Waals surface area contributed by atoms with Crippen molar-refractivity contribution in [1.29, 1.82) is 5.26 Å². The highest BCUT2D eigenvalue weighted by atomic mass is 79.9. The van der Waals surface area contributed by atoms with Crippen molar-refractivity contribution in [3.8, 4) is 11.8 Å². The highest BCUT2D eigenvalue weighted by Gasteiger charge is 2.30. The lowest BCUT2D eigenvalue weighted by atomic mass is 9.99. The molecule has 0 bridgehead atoms. The summed E-state index contributed by atoms with van der Waals surface area (Å²) in [4.78, 5) is 14.8. The fraction of sp³-hybridized carbons (Fsp3) is 0.400. The Labute approximate surface area is 210 Å². The summed E-state index contributed by atoms with van der Waals surface area (Å²) in [5.74, 6) is -0.463. The van der Waals surface area contributed by atoms with Crippen molar-refractivity contribution in [2.24, 2.45) is 0 Å². The van der Waals surface area contributed by atoms with E-state index in [1.54, 1.807) is 26.8 Å². The molecule has 0 aliphatic rings. The molecule has 0 radical (unpaired) electrons. The summed E-state index contributed by atoms with van der Waals surface area (Å²) in [6.07, 6.45) is -0.147. The van der Waals surface area contributed by atoms with Gasteiger partial charge in [0.15, 0.2) is 0 Å². The van der Waals surface area contributed by atoms with Crippen molar-refractivity contribution in [3.63, 3.8) is 0 Å². The summed E-state index contributed by atoms with van der Waals surface area (Å²) in [7, 11) is -1.63. The number of benzene rings is 1. The van der Waals surface area contributed by atoms with E-state index in [2.05, 4.69) is 35.7 Å². The van der Waals surface area contributed by atoms with Gasteiger partial charge in [-0.05, 0) is 39.0 Å². The first-order valence-electron chi connectivity index (χ1n) is 9.71. The topological polar surface area (TPSA) is 130 Å². The van der Waals surface area contributed by atoms with Crippen LogP contribution in [0, 0.1) is 21.4 Å². The van der Waals surface area contributed by atoms with E-state index in [4.69, 9.17) is 11.6 Å². The Balaban J connectivity index is 2.58. The van der Waals surface area contributed by atoms with E-state index < -0.39 is 45.0 Å². The number of nitro groups is 1. The van der Waals surface area contributed by atoms with Crippen LogP contribution in [-0.4, -0.2) is 31.5 Å². The van der Waals surface area contributed by atoms with Crippen molar-refractivity contribution in [2.75, 3.05) is 5.32 Å². The monoisotopic (exact) mass is 579 g/mol. The van der Waals surface area contributed by atoms with Gasteiger partial charge in [0.1, 0.15) is 16.9 Å². The second kappa shape index (κ2) is 11.8. The Morgan fingerprint density at radius 2 is 2.03 bits per heavy atom. The number of rotatable bonds is 10. The average Bonchev–Trinajstić information content (AvgIpc) is 2.71. The van der Waals surface area contributed by atoms with Crippen LogP contribution < -0.4 is 14.8 Å². The van der Waals surface area contributed by atoms with E-state index in [0.717, 1.165) is 6.07 Å². The molecule has 0 aliphatic heterocycles. The molecule has 2 unspecified atom stereocenters. The van der Waals surface area contributed by atoms with Gasteiger partial charge in [0, 0.05) is 22.5 Å². The summed E-state index contributed by atoms with van der Waals surface area (Å²) in [5, 5.41) is 24.0. The van der Waals surface area contributed by atoms with Crippen LogP contribution in [0.25, 0.3) is 0 Å². The highest BCUT2D eigenvalue weighted by Crippen LogP contribution is 2.39. The third-order valence-electron chi connectivity index (χ3n) is 4.36. The Morgan fingerprint density at radius 1 is 1.35 bits per heavy atom. The molecule has 34 heavy (non-hydrogen) atoms. The number of pyridine rings is 1. The summed E-state index contributed by atoms with van der Waals surface area (Å²) in [5.41, 5.74) is -0.264. The Morgan fingerprint density at radius 3 is 2.59 bits per heavy atom. The van der Waals surface area contributed by atoms with Crippen LogP contribution in [0.1, 0.15) is 38.8 Å². The molecule has 0 saturated heterocycles. The first-order valence-corrected chi connectivity index (χ1v) is 12.0. The minimum atomic E-state index is -3.15. The molecule has 1 aromatic carbocycles. The van der Waals surface area contributed by atoms with Gasteiger partial charge in [0.05, 0.1) is 32.8 Å².